The third-order valence-corrected chi connectivity index (χ3v) is 6.29. The van der Waals surface area contributed by atoms with Gasteiger partial charge in [0.1, 0.15) is 5.75 Å². The van der Waals surface area contributed by atoms with Crippen molar-refractivity contribution in [1.82, 2.24) is 9.62 Å². The molecular weight excluding hydrogens is 388 g/mol. The lowest BCUT2D eigenvalue weighted by atomic mass is 9.84. The van der Waals surface area contributed by atoms with Crippen LogP contribution in [0.15, 0.2) is 18.2 Å². The number of benzene rings is 1. The summed E-state index contributed by atoms with van der Waals surface area (Å²) in [4.78, 5) is 14.1. The number of halogens is 1. The van der Waals surface area contributed by atoms with E-state index < -0.39 is 10.0 Å². The number of ether oxygens (including phenoxy) is 1. The SMILES string of the molecule is CS(=O)(=O)NC1CCN(C(=O)COc2ccc(Cl)cc2C2CCCCC2)C1. The van der Waals surface area contributed by atoms with E-state index in [1.165, 1.54) is 19.3 Å². The number of nitrogens with zero attached hydrogens (tertiary/aromatic N) is 1. The average molecular weight is 415 g/mol. The molecule has 2 aliphatic rings. The normalized spacial score (nSPS) is 21.4. The van der Waals surface area contributed by atoms with Gasteiger partial charge in [0.2, 0.25) is 10.0 Å². The zero-order chi connectivity index (χ0) is 19.4. The fourth-order valence-electron chi connectivity index (χ4n) is 4.00. The van der Waals surface area contributed by atoms with Crippen LogP contribution in [0.2, 0.25) is 5.02 Å². The zero-order valence-electron chi connectivity index (χ0n) is 15.6. The Morgan fingerprint density at radius 1 is 1.26 bits per heavy atom. The van der Waals surface area contributed by atoms with E-state index in [-0.39, 0.29) is 18.6 Å². The van der Waals surface area contributed by atoms with Gasteiger partial charge in [-0.2, -0.15) is 0 Å². The molecular formula is C19H27ClN2O4S. The van der Waals surface area contributed by atoms with Crippen molar-refractivity contribution in [2.45, 2.75) is 50.5 Å². The molecule has 1 unspecified atom stereocenters. The third-order valence-electron chi connectivity index (χ3n) is 5.29. The highest BCUT2D eigenvalue weighted by atomic mass is 35.5. The summed E-state index contributed by atoms with van der Waals surface area (Å²) in [5.74, 6) is 1.03. The molecule has 0 bridgehead atoms. The molecule has 3 rings (SSSR count). The number of hydrogen-bond donors (Lipinski definition) is 1. The molecule has 1 saturated heterocycles. The van der Waals surface area contributed by atoms with Crippen LogP contribution in [0, 0.1) is 0 Å². The first-order valence-electron chi connectivity index (χ1n) is 9.49. The molecule has 2 fully saturated rings. The van der Waals surface area contributed by atoms with Crippen LogP contribution >= 0.6 is 11.6 Å². The third kappa shape index (κ3) is 5.83. The minimum Gasteiger partial charge on any atom is -0.483 e. The first kappa shape index (κ1) is 20.4. The molecule has 1 amide bonds. The number of hydrogen-bond acceptors (Lipinski definition) is 4. The van der Waals surface area contributed by atoms with Gasteiger partial charge in [0.25, 0.3) is 5.91 Å². The van der Waals surface area contributed by atoms with Crippen LogP contribution in [0.4, 0.5) is 0 Å². The summed E-state index contributed by atoms with van der Waals surface area (Å²) in [7, 11) is -3.27. The van der Waals surface area contributed by atoms with Gasteiger partial charge in [-0.15, -0.1) is 0 Å². The quantitative estimate of drug-likeness (QED) is 0.776. The van der Waals surface area contributed by atoms with Crippen LogP contribution in [0.1, 0.15) is 50.0 Å². The van der Waals surface area contributed by atoms with E-state index in [9.17, 15) is 13.2 Å². The van der Waals surface area contributed by atoms with Crippen LogP contribution in [0.5, 0.6) is 5.75 Å². The molecule has 1 heterocycles. The number of sulfonamides is 1. The van der Waals surface area contributed by atoms with Crippen molar-refractivity contribution < 1.29 is 17.9 Å². The maximum Gasteiger partial charge on any atom is 0.260 e. The predicted octanol–water partition coefficient (Wildman–Crippen LogP) is 2.92. The highest BCUT2D eigenvalue weighted by Gasteiger charge is 2.28. The smallest absolute Gasteiger partial charge is 0.260 e. The van der Waals surface area contributed by atoms with Crippen LogP contribution in [0.3, 0.4) is 0 Å². The summed E-state index contributed by atoms with van der Waals surface area (Å²) < 4.78 is 31.1. The second kappa shape index (κ2) is 8.80. The first-order valence-corrected chi connectivity index (χ1v) is 11.8. The van der Waals surface area contributed by atoms with Crippen molar-refractivity contribution >= 4 is 27.5 Å². The summed E-state index contributed by atoms with van der Waals surface area (Å²) in [6.07, 6.45) is 7.67. The molecule has 0 spiro atoms. The van der Waals surface area contributed by atoms with Crippen molar-refractivity contribution in [2.24, 2.45) is 0 Å². The Kier molecular flexibility index (Phi) is 6.65. The Hall–Kier alpha value is -1.31. The lowest BCUT2D eigenvalue weighted by Crippen LogP contribution is -2.39. The van der Waals surface area contributed by atoms with Gasteiger partial charge in [0.15, 0.2) is 6.61 Å². The molecule has 1 atom stereocenters. The highest BCUT2D eigenvalue weighted by Crippen LogP contribution is 2.38. The second-order valence-corrected chi connectivity index (χ2v) is 9.74. The van der Waals surface area contributed by atoms with Crippen LogP contribution in [-0.2, 0) is 14.8 Å². The lowest BCUT2D eigenvalue weighted by molar-refractivity contribution is -0.132. The van der Waals surface area contributed by atoms with Crippen molar-refractivity contribution in [2.75, 3.05) is 26.0 Å². The van der Waals surface area contributed by atoms with E-state index >= 15 is 0 Å². The van der Waals surface area contributed by atoms with Gasteiger partial charge in [-0.05, 0) is 48.9 Å². The van der Waals surface area contributed by atoms with Gasteiger partial charge >= 0.3 is 0 Å². The summed E-state index contributed by atoms with van der Waals surface area (Å²) in [6.45, 7) is 0.865. The number of nitrogens with one attached hydrogen (secondary N) is 1. The molecule has 0 radical (unpaired) electrons. The Balaban J connectivity index is 1.59. The number of carbonyl (C=O) groups excluding carboxylic acids is 1. The van der Waals surface area contributed by atoms with E-state index in [1.54, 1.807) is 11.0 Å². The maximum absolute atomic E-state index is 12.5. The summed E-state index contributed by atoms with van der Waals surface area (Å²) in [5, 5.41) is 0.684. The van der Waals surface area contributed by atoms with E-state index in [4.69, 9.17) is 16.3 Å². The summed E-state index contributed by atoms with van der Waals surface area (Å²) in [6, 6.07) is 5.36. The number of rotatable bonds is 6. The Bertz CT molecular complexity index is 778. The standard InChI is InChI=1S/C19H27ClN2O4S/c1-27(24,25)21-16-9-10-22(12-16)19(23)13-26-18-8-7-15(20)11-17(18)14-5-3-2-4-6-14/h7-8,11,14,16,21H,2-6,9-10,12-13H2,1H3. The zero-order valence-corrected chi connectivity index (χ0v) is 17.2. The van der Waals surface area contributed by atoms with Gasteiger partial charge in [-0.3, -0.25) is 4.79 Å². The van der Waals surface area contributed by atoms with Crippen LogP contribution in [0.25, 0.3) is 0 Å². The minimum atomic E-state index is -3.27. The van der Waals surface area contributed by atoms with Crippen LogP contribution < -0.4 is 9.46 Å². The van der Waals surface area contributed by atoms with Gasteiger partial charge < -0.3 is 9.64 Å². The van der Waals surface area contributed by atoms with Crippen molar-refractivity contribution in [3.05, 3.63) is 28.8 Å². The van der Waals surface area contributed by atoms with Crippen molar-refractivity contribution in [3.8, 4) is 5.75 Å². The molecule has 6 nitrogen and oxygen atoms in total. The van der Waals surface area contributed by atoms with E-state index in [0.717, 1.165) is 30.4 Å². The molecule has 1 aromatic carbocycles. The average Bonchev–Trinajstić information content (AvgIpc) is 3.07. The number of carbonyl (C=O) groups is 1. The van der Waals surface area contributed by atoms with E-state index in [1.807, 2.05) is 12.1 Å². The monoisotopic (exact) mass is 414 g/mol. The van der Waals surface area contributed by atoms with E-state index in [2.05, 4.69) is 4.72 Å². The van der Waals surface area contributed by atoms with Crippen molar-refractivity contribution in [1.29, 1.82) is 0 Å². The van der Waals surface area contributed by atoms with E-state index in [0.29, 0.717) is 30.5 Å². The topological polar surface area (TPSA) is 75.7 Å². The van der Waals surface area contributed by atoms with Gasteiger partial charge in [-0.25, -0.2) is 13.1 Å². The molecule has 1 saturated carbocycles. The largest absolute Gasteiger partial charge is 0.483 e. The lowest BCUT2D eigenvalue weighted by Gasteiger charge is -2.25. The summed E-state index contributed by atoms with van der Waals surface area (Å²) >= 11 is 6.18. The van der Waals surface area contributed by atoms with Gasteiger partial charge in [0.05, 0.1) is 6.26 Å². The van der Waals surface area contributed by atoms with Crippen LogP contribution in [-0.4, -0.2) is 51.2 Å². The predicted molar refractivity (Wildman–Crippen MR) is 106 cm³/mol. The van der Waals surface area contributed by atoms with Gasteiger partial charge in [0, 0.05) is 24.2 Å². The first-order chi connectivity index (χ1) is 12.8. The fourth-order valence-corrected chi connectivity index (χ4v) is 4.98. The Morgan fingerprint density at radius 2 is 2.00 bits per heavy atom. The highest BCUT2D eigenvalue weighted by molar-refractivity contribution is 7.88. The molecule has 1 aliphatic carbocycles. The number of likely N-dealkylation sites (tertiary alicyclic amines) is 1. The minimum absolute atomic E-state index is 0.0487. The number of amides is 1. The fraction of sp³-hybridized carbons (Fsp3) is 0.632. The Labute approximate surface area is 166 Å². The molecule has 27 heavy (non-hydrogen) atoms. The molecule has 1 aromatic rings. The second-order valence-electron chi connectivity index (χ2n) is 7.52. The molecule has 1 aliphatic heterocycles. The summed E-state index contributed by atoms with van der Waals surface area (Å²) in [5.41, 5.74) is 1.09. The Morgan fingerprint density at radius 3 is 2.70 bits per heavy atom. The molecule has 0 aromatic heterocycles. The van der Waals surface area contributed by atoms with Crippen molar-refractivity contribution in [3.63, 3.8) is 0 Å². The molecule has 1 N–H and O–H groups in total. The maximum atomic E-state index is 12.5. The molecule has 150 valence electrons. The van der Waals surface area contributed by atoms with Gasteiger partial charge in [-0.1, -0.05) is 30.9 Å². The molecule has 8 heteroatoms.